The number of halogens is 1. The zero-order valence-electron chi connectivity index (χ0n) is 20.4. The number of carbonyl (C=O) groups is 3. The van der Waals surface area contributed by atoms with Gasteiger partial charge in [-0.2, -0.15) is 0 Å². The molecule has 0 saturated carbocycles. The van der Waals surface area contributed by atoms with Crippen molar-refractivity contribution in [3.8, 4) is 0 Å². The molecule has 0 radical (unpaired) electrons. The number of Topliss-reactive ketones (excluding diaryl/α,β-unsaturated/α-hetero) is 1. The Labute approximate surface area is 208 Å². The summed E-state index contributed by atoms with van der Waals surface area (Å²) in [5.41, 5.74) is 5.77. The number of benzene rings is 2. The molecule has 1 unspecified atom stereocenters. The number of rotatable bonds is 4. The van der Waals surface area contributed by atoms with E-state index in [0.29, 0.717) is 29.0 Å². The number of fused-ring (bicyclic) bond motifs is 3. The topological polar surface area (TPSA) is 98.9 Å². The molecule has 1 aliphatic carbocycles. The van der Waals surface area contributed by atoms with Gasteiger partial charge in [-0.15, -0.1) is 0 Å². The van der Waals surface area contributed by atoms with Gasteiger partial charge in [0.1, 0.15) is 22.6 Å². The van der Waals surface area contributed by atoms with E-state index in [1.54, 1.807) is 43.3 Å². The standard InChI is InChI=1S/C28H27FN2O5/c1-4-35-25(33)23-24(30)36-21-14-27(2,3)13-20(32)22(21)28(23)18-7-5-6-8-19(18)31(26(28)34)15-16-9-11-17(29)12-10-16/h5-12H,4,13-15,30H2,1-3H3. The van der Waals surface area contributed by atoms with Crippen LogP contribution >= 0.6 is 0 Å². The molecule has 186 valence electrons. The van der Waals surface area contributed by atoms with E-state index < -0.39 is 28.5 Å². The Morgan fingerprint density at radius 2 is 1.81 bits per heavy atom. The molecular formula is C28H27FN2O5. The lowest BCUT2D eigenvalue weighted by atomic mass is 9.62. The van der Waals surface area contributed by atoms with Crippen LogP contribution in [0.2, 0.25) is 0 Å². The molecule has 2 heterocycles. The number of para-hydroxylation sites is 1. The molecule has 5 rings (SSSR count). The second-order valence-electron chi connectivity index (χ2n) is 10.1. The van der Waals surface area contributed by atoms with Crippen LogP contribution in [-0.4, -0.2) is 24.3 Å². The van der Waals surface area contributed by atoms with Crippen molar-refractivity contribution in [2.24, 2.45) is 11.1 Å². The molecule has 7 nitrogen and oxygen atoms in total. The Bertz CT molecular complexity index is 1360. The van der Waals surface area contributed by atoms with Crippen LogP contribution in [0.4, 0.5) is 10.1 Å². The SMILES string of the molecule is CCOC(=O)C1=C(N)OC2=C(C(=O)CC(C)(C)C2)C12C(=O)N(Cc1ccc(F)cc1)c1ccccc12. The van der Waals surface area contributed by atoms with E-state index in [2.05, 4.69) is 0 Å². The van der Waals surface area contributed by atoms with Crippen LogP contribution in [0, 0.1) is 11.2 Å². The maximum atomic E-state index is 14.5. The van der Waals surface area contributed by atoms with E-state index in [9.17, 15) is 18.8 Å². The van der Waals surface area contributed by atoms with Gasteiger partial charge in [-0.1, -0.05) is 44.2 Å². The van der Waals surface area contributed by atoms with Crippen molar-refractivity contribution in [1.82, 2.24) is 0 Å². The third kappa shape index (κ3) is 3.43. The molecule has 8 heteroatoms. The van der Waals surface area contributed by atoms with Crippen molar-refractivity contribution in [3.05, 3.63) is 88.3 Å². The van der Waals surface area contributed by atoms with E-state index in [1.165, 1.54) is 17.0 Å². The summed E-state index contributed by atoms with van der Waals surface area (Å²) < 4.78 is 24.8. The molecule has 2 aliphatic heterocycles. The van der Waals surface area contributed by atoms with Crippen molar-refractivity contribution in [2.75, 3.05) is 11.5 Å². The fourth-order valence-electron chi connectivity index (χ4n) is 5.59. The zero-order valence-corrected chi connectivity index (χ0v) is 20.4. The number of hydrogen-bond acceptors (Lipinski definition) is 6. The quantitative estimate of drug-likeness (QED) is 0.650. The average molecular weight is 491 g/mol. The molecule has 2 aromatic carbocycles. The highest BCUT2D eigenvalue weighted by molar-refractivity contribution is 6.23. The summed E-state index contributed by atoms with van der Waals surface area (Å²) in [5, 5.41) is 0. The fraction of sp³-hybridized carbons (Fsp3) is 0.321. The Kier molecular flexibility index (Phi) is 5.50. The van der Waals surface area contributed by atoms with Gasteiger partial charge in [0.2, 0.25) is 11.8 Å². The fourth-order valence-corrected chi connectivity index (χ4v) is 5.59. The zero-order chi connectivity index (χ0) is 25.8. The van der Waals surface area contributed by atoms with Gasteiger partial charge in [0.15, 0.2) is 5.78 Å². The number of hydrogen-bond donors (Lipinski definition) is 1. The minimum Gasteiger partial charge on any atom is -0.462 e. The molecular weight excluding hydrogens is 463 g/mol. The van der Waals surface area contributed by atoms with Crippen LogP contribution < -0.4 is 10.6 Å². The monoisotopic (exact) mass is 490 g/mol. The van der Waals surface area contributed by atoms with Crippen molar-refractivity contribution in [1.29, 1.82) is 0 Å². The maximum Gasteiger partial charge on any atom is 0.341 e. The minimum absolute atomic E-state index is 0.0493. The van der Waals surface area contributed by atoms with Gasteiger partial charge >= 0.3 is 5.97 Å². The van der Waals surface area contributed by atoms with Crippen LogP contribution in [0.25, 0.3) is 0 Å². The summed E-state index contributed by atoms with van der Waals surface area (Å²) in [6.07, 6.45) is 0.556. The number of esters is 1. The first-order chi connectivity index (χ1) is 17.1. The summed E-state index contributed by atoms with van der Waals surface area (Å²) >= 11 is 0. The molecule has 1 amide bonds. The van der Waals surface area contributed by atoms with E-state index in [1.807, 2.05) is 13.8 Å². The average Bonchev–Trinajstić information content (AvgIpc) is 3.03. The lowest BCUT2D eigenvalue weighted by Gasteiger charge is -2.42. The van der Waals surface area contributed by atoms with Crippen molar-refractivity contribution >= 4 is 23.3 Å². The van der Waals surface area contributed by atoms with E-state index in [0.717, 1.165) is 0 Å². The largest absolute Gasteiger partial charge is 0.462 e. The molecule has 0 aromatic heterocycles. The third-order valence-electron chi connectivity index (χ3n) is 6.96. The van der Waals surface area contributed by atoms with Gasteiger partial charge < -0.3 is 20.1 Å². The molecule has 2 N–H and O–H groups in total. The van der Waals surface area contributed by atoms with Crippen molar-refractivity contribution in [3.63, 3.8) is 0 Å². The van der Waals surface area contributed by atoms with Gasteiger partial charge in [0, 0.05) is 24.1 Å². The number of allylic oxidation sites excluding steroid dienone is 1. The summed E-state index contributed by atoms with van der Waals surface area (Å²) in [4.78, 5) is 43.1. The highest BCUT2D eigenvalue weighted by atomic mass is 19.1. The lowest BCUT2D eigenvalue weighted by Crippen LogP contribution is -2.52. The molecule has 1 atom stereocenters. The van der Waals surface area contributed by atoms with Gasteiger partial charge in [0.25, 0.3) is 0 Å². The molecule has 3 aliphatic rings. The predicted octanol–water partition coefficient (Wildman–Crippen LogP) is 4.02. The number of anilines is 1. The minimum atomic E-state index is -1.80. The van der Waals surface area contributed by atoms with Crippen LogP contribution in [-0.2, 0) is 35.8 Å². The number of nitrogens with zero attached hydrogens (tertiary/aromatic N) is 1. The van der Waals surface area contributed by atoms with E-state index in [-0.39, 0.29) is 42.4 Å². The van der Waals surface area contributed by atoms with Crippen molar-refractivity contribution < 1.29 is 28.2 Å². The van der Waals surface area contributed by atoms with E-state index >= 15 is 0 Å². The van der Waals surface area contributed by atoms with Crippen LogP contribution in [0.5, 0.6) is 0 Å². The molecule has 0 fully saturated rings. The lowest BCUT2D eigenvalue weighted by molar-refractivity contribution is -0.141. The number of nitrogens with two attached hydrogens (primary N) is 1. The molecule has 36 heavy (non-hydrogen) atoms. The second-order valence-corrected chi connectivity index (χ2v) is 10.1. The molecule has 2 aromatic rings. The Morgan fingerprint density at radius 3 is 2.50 bits per heavy atom. The van der Waals surface area contributed by atoms with Crippen LogP contribution in [0.15, 0.2) is 71.3 Å². The Balaban J connectivity index is 1.78. The van der Waals surface area contributed by atoms with Crippen LogP contribution in [0.3, 0.4) is 0 Å². The Hall–Kier alpha value is -3.94. The van der Waals surface area contributed by atoms with Gasteiger partial charge in [-0.05, 0) is 36.1 Å². The number of ketones is 1. The first-order valence-electron chi connectivity index (χ1n) is 11.9. The summed E-state index contributed by atoms with van der Waals surface area (Å²) in [6, 6.07) is 12.8. The summed E-state index contributed by atoms with van der Waals surface area (Å²) in [7, 11) is 0. The summed E-state index contributed by atoms with van der Waals surface area (Å²) in [6.45, 7) is 5.69. The predicted molar refractivity (Wildman–Crippen MR) is 130 cm³/mol. The smallest absolute Gasteiger partial charge is 0.341 e. The van der Waals surface area contributed by atoms with Crippen LogP contribution in [0.1, 0.15) is 44.7 Å². The molecule has 0 bridgehead atoms. The normalized spacial score (nSPS) is 22.5. The van der Waals surface area contributed by atoms with Gasteiger partial charge in [-0.3, -0.25) is 9.59 Å². The number of carbonyl (C=O) groups excluding carboxylic acids is 3. The number of ether oxygens (including phenoxy) is 2. The van der Waals surface area contributed by atoms with Gasteiger partial charge in [-0.25, -0.2) is 9.18 Å². The first-order valence-corrected chi connectivity index (χ1v) is 11.9. The van der Waals surface area contributed by atoms with E-state index in [4.69, 9.17) is 15.2 Å². The first kappa shape index (κ1) is 23.8. The Morgan fingerprint density at radius 1 is 1.11 bits per heavy atom. The molecule has 0 saturated heterocycles. The second kappa shape index (κ2) is 8.33. The maximum absolute atomic E-state index is 14.5. The van der Waals surface area contributed by atoms with Crippen molar-refractivity contribution in [2.45, 2.75) is 45.6 Å². The summed E-state index contributed by atoms with van der Waals surface area (Å²) in [5.74, 6) is -1.92. The third-order valence-corrected chi connectivity index (χ3v) is 6.96. The highest BCUT2D eigenvalue weighted by Gasteiger charge is 2.64. The van der Waals surface area contributed by atoms with Gasteiger partial charge in [0.05, 0.1) is 18.7 Å². The highest BCUT2D eigenvalue weighted by Crippen LogP contribution is 2.57. The molecule has 1 spiro atoms. The number of amides is 1.